The number of aromatic amines is 1. The first-order valence-corrected chi connectivity index (χ1v) is 11.2. The molecule has 0 spiro atoms. The topological polar surface area (TPSA) is 119 Å². The third-order valence-electron chi connectivity index (χ3n) is 5.71. The highest BCUT2D eigenvalue weighted by Crippen LogP contribution is 2.34. The molecular weight excluding hydrogens is 454 g/mol. The Labute approximate surface area is 200 Å². The molecule has 3 aromatic heterocycles. The molecule has 10 nitrogen and oxygen atoms in total. The van der Waals surface area contributed by atoms with Crippen molar-refractivity contribution in [1.82, 2.24) is 45.3 Å². The number of hydrogen-bond donors (Lipinski definition) is 2. The molecule has 0 saturated heterocycles. The summed E-state index contributed by atoms with van der Waals surface area (Å²) >= 11 is 6.44. The fourth-order valence-electron chi connectivity index (χ4n) is 4.16. The molecule has 0 aliphatic carbocycles. The first kappa shape index (κ1) is 21.8. The number of fused-ring (bicyclic) bond motifs is 1. The molecular formula is C23H22ClN9O. The van der Waals surface area contributed by atoms with E-state index in [4.69, 9.17) is 11.6 Å². The van der Waals surface area contributed by atoms with Crippen molar-refractivity contribution < 1.29 is 4.79 Å². The van der Waals surface area contributed by atoms with Crippen molar-refractivity contribution in [3.05, 3.63) is 70.9 Å². The van der Waals surface area contributed by atoms with Crippen LogP contribution in [0.1, 0.15) is 35.0 Å². The van der Waals surface area contributed by atoms with E-state index < -0.39 is 0 Å². The van der Waals surface area contributed by atoms with Gasteiger partial charge in [0.25, 0.3) is 5.91 Å². The van der Waals surface area contributed by atoms with Crippen LogP contribution in [0.3, 0.4) is 0 Å². The van der Waals surface area contributed by atoms with Gasteiger partial charge < -0.3 is 9.88 Å². The summed E-state index contributed by atoms with van der Waals surface area (Å²) in [6, 6.07) is 11.4. The molecule has 0 unspecified atom stereocenters. The van der Waals surface area contributed by atoms with E-state index in [1.165, 1.54) is 0 Å². The van der Waals surface area contributed by atoms with Crippen LogP contribution >= 0.6 is 11.6 Å². The fourth-order valence-corrected chi connectivity index (χ4v) is 4.42. The first-order chi connectivity index (χ1) is 16.6. The lowest BCUT2D eigenvalue weighted by molar-refractivity contribution is 0.0942. The summed E-state index contributed by atoms with van der Waals surface area (Å²) in [4.78, 5) is 13.1. The summed E-state index contributed by atoms with van der Waals surface area (Å²) < 4.78 is 3.83. The molecule has 2 aromatic carbocycles. The van der Waals surface area contributed by atoms with Crippen molar-refractivity contribution in [2.24, 2.45) is 0 Å². The number of aromatic nitrogens is 8. The van der Waals surface area contributed by atoms with Crippen LogP contribution in [0.25, 0.3) is 28.0 Å². The lowest BCUT2D eigenvalue weighted by atomic mass is 10.1. The maximum Gasteiger partial charge on any atom is 0.254 e. The van der Waals surface area contributed by atoms with Gasteiger partial charge in [-0.1, -0.05) is 36.6 Å². The average Bonchev–Trinajstić information content (AvgIpc) is 3.58. The molecule has 2 N–H and O–H groups in total. The van der Waals surface area contributed by atoms with Gasteiger partial charge in [-0.2, -0.15) is 0 Å². The van der Waals surface area contributed by atoms with E-state index in [1.807, 2.05) is 6.92 Å². The Hall–Kier alpha value is -4.05. The highest BCUT2D eigenvalue weighted by Gasteiger charge is 2.21. The molecule has 0 atom stereocenters. The molecule has 172 valence electrons. The molecule has 34 heavy (non-hydrogen) atoms. The number of carbonyl (C=O) groups excluding carboxylic acids is 1. The molecule has 0 radical (unpaired) electrons. The lowest BCUT2D eigenvalue weighted by Crippen LogP contribution is -2.27. The Bertz CT molecular complexity index is 1460. The third-order valence-corrected chi connectivity index (χ3v) is 6.02. The Kier molecular flexibility index (Phi) is 5.81. The minimum Gasteiger partial charge on any atom is -0.334 e. The van der Waals surface area contributed by atoms with E-state index in [0.717, 1.165) is 46.3 Å². The molecule has 0 fully saturated rings. The van der Waals surface area contributed by atoms with Crippen molar-refractivity contribution in [2.45, 2.75) is 33.4 Å². The monoisotopic (exact) mass is 475 g/mol. The minimum atomic E-state index is -0.264. The first-order valence-electron chi connectivity index (χ1n) is 10.9. The highest BCUT2D eigenvalue weighted by molar-refractivity contribution is 6.34. The standard InChI is InChI=1S/C23H22ClN9O/c1-3-4-20-21(22-28-30-31-29-22)17-9-14(2)5-8-19(17)33(20)11-25-23(34)16-7-6-15(10-18(16)24)32-12-26-27-13-32/h5-10,12-13H,3-4,11H2,1-2H3,(H,25,34)(H,28,29,30,31). The fraction of sp³-hybridized carbons (Fsp3) is 0.217. The summed E-state index contributed by atoms with van der Waals surface area (Å²) in [5.74, 6) is 0.344. The van der Waals surface area contributed by atoms with Crippen LogP contribution in [0, 0.1) is 6.92 Å². The highest BCUT2D eigenvalue weighted by atomic mass is 35.5. The number of benzene rings is 2. The smallest absolute Gasteiger partial charge is 0.254 e. The van der Waals surface area contributed by atoms with Crippen molar-refractivity contribution in [3.8, 4) is 17.1 Å². The van der Waals surface area contributed by atoms with E-state index in [2.05, 4.69) is 65.8 Å². The van der Waals surface area contributed by atoms with Crippen LogP contribution in [0.4, 0.5) is 0 Å². The SMILES string of the molecule is CCCc1c(-c2nnn[nH]2)c2cc(C)ccc2n1CNC(=O)c1ccc(-n2cnnc2)cc1Cl. The number of H-pyrrole nitrogens is 1. The van der Waals surface area contributed by atoms with Crippen molar-refractivity contribution >= 4 is 28.4 Å². The van der Waals surface area contributed by atoms with Gasteiger partial charge >= 0.3 is 0 Å². The second kappa shape index (κ2) is 9.06. The predicted molar refractivity (Wildman–Crippen MR) is 128 cm³/mol. The summed E-state index contributed by atoms with van der Waals surface area (Å²) in [5, 5.41) is 26.6. The zero-order valence-corrected chi connectivity index (χ0v) is 19.4. The van der Waals surface area contributed by atoms with E-state index in [9.17, 15) is 4.79 Å². The normalized spacial score (nSPS) is 11.3. The molecule has 0 aliphatic rings. The number of hydrogen-bond acceptors (Lipinski definition) is 6. The van der Waals surface area contributed by atoms with Gasteiger partial charge in [0, 0.05) is 22.3 Å². The number of aryl methyl sites for hydroxylation is 1. The zero-order chi connectivity index (χ0) is 23.7. The van der Waals surface area contributed by atoms with Crippen LogP contribution in [0.15, 0.2) is 49.1 Å². The Morgan fingerprint density at radius 2 is 1.97 bits per heavy atom. The lowest BCUT2D eigenvalue weighted by Gasteiger charge is -2.14. The number of carbonyl (C=O) groups is 1. The summed E-state index contributed by atoms with van der Waals surface area (Å²) in [5.41, 5.74) is 5.30. The van der Waals surface area contributed by atoms with Crippen LogP contribution in [0.5, 0.6) is 0 Å². The van der Waals surface area contributed by atoms with Gasteiger partial charge in [-0.05, 0) is 54.1 Å². The van der Waals surface area contributed by atoms with Crippen molar-refractivity contribution in [2.75, 3.05) is 0 Å². The Morgan fingerprint density at radius 3 is 2.68 bits per heavy atom. The van der Waals surface area contributed by atoms with E-state index >= 15 is 0 Å². The van der Waals surface area contributed by atoms with Gasteiger partial charge in [0.05, 0.1) is 22.8 Å². The van der Waals surface area contributed by atoms with Gasteiger partial charge in [0.2, 0.25) is 0 Å². The summed E-state index contributed by atoms with van der Waals surface area (Å²) in [6.07, 6.45) is 4.87. The largest absolute Gasteiger partial charge is 0.334 e. The summed E-state index contributed by atoms with van der Waals surface area (Å²) in [7, 11) is 0. The quantitative estimate of drug-likeness (QED) is 0.370. The second-order valence-electron chi connectivity index (χ2n) is 7.97. The Morgan fingerprint density at radius 1 is 1.15 bits per heavy atom. The molecule has 0 saturated carbocycles. The second-order valence-corrected chi connectivity index (χ2v) is 8.37. The van der Waals surface area contributed by atoms with Gasteiger partial charge in [-0.15, -0.1) is 15.3 Å². The van der Waals surface area contributed by atoms with E-state index in [-0.39, 0.29) is 12.6 Å². The molecule has 0 aliphatic heterocycles. The minimum absolute atomic E-state index is 0.264. The maximum atomic E-state index is 13.1. The number of nitrogens with zero attached hydrogens (tertiary/aromatic N) is 7. The predicted octanol–water partition coefficient (Wildman–Crippen LogP) is 3.70. The third kappa shape index (κ3) is 3.92. The summed E-state index contributed by atoms with van der Waals surface area (Å²) in [6.45, 7) is 4.44. The van der Waals surface area contributed by atoms with E-state index in [0.29, 0.717) is 16.4 Å². The van der Waals surface area contributed by atoms with Gasteiger partial charge in [-0.25, -0.2) is 5.10 Å². The molecule has 3 heterocycles. The average molecular weight is 476 g/mol. The zero-order valence-electron chi connectivity index (χ0n) is 18.7. The number of rotatable bonds is 7. The number of nitrogens with one attached hydrogen (secondary N) is 2. The number of tetrazole rings is 1. The van der Waals surface area contributed by atoms with Gasteiger partial charge in [-0.3, -0.25) is 9.36 Å². The van der Waals surface area contributed by atoms with Gasteiger partial charge in [0.15, 0.2) is 5.82 Å². The van der Waals surface area contributed by atoms with Crippen LogP contribution in [0.2, 0.25) is 5.02 Å². The van der Waals surface area contributed by atoms with E-state index in [1.54, 1.807) is 35.4 Å². The molecule has 11 heteroatoms. The molecule has 5 rings (SSSR count). The van der Waals surface area contributed by atoms with Crippen LogP contribution < -0.4 is 5.32 Å². The van der Waals surface area contributed by atoms with Crippen molar-refractivity contribution in [3.63, 3.8) is 0 Å². The molecule has 5 aromatic rings. The van der Waals surface area contributed by atoms with Gasteiger partial charge in [0.1, 0.15) is 12.7 Å². The molecule has 0 bridgehead atoms. The maximum absolute atomic E-state index is 13.1. The molecule has 1 amide bonds. The van der Waals surface area contributed by atoms with Crippen LogP contribution in [-0.4, -0.2) is 45.9 Å². The van der Waals surface area contributed by atoms with Crippen molar-refractivity contribution in [1.29, 1.82) is 0 Å². The van der Waals surface area contributed by atoms with Crippen LogP contribution in [-0.2, 0) is 13.1 Å². The number of halogens is 1. The Balaban J connectivity index is 1.48. The number of amides is 1.